The van der Waals surface area contributed by atoms with Crippen LogP contribution >= 0.6 is 0 Å². The molecule has 0 aromatic heterocycles. The minimum Gasteiger partial charge on any atom is -0.464 e. The Bertz CT molecular complexity index is 253. The minimum absolute atomic E-state index is 0.121. The number of rotatable bonds is 5. The molecule has 2 atom stereocenters. The fourth-order valence-electron chi connectivity index (χ4n) is 1.95. The third-order valence-corrected chi connectivity index (χ3v) is 3.52. The van der Waals surface area contributed by atoms with Crippen LogP contribution in [0.1, 0.15) is 40.0 Å². The highest BCUT2D eigenvalue weighted by Crippen LogP contribution is 2.17. The van der Waals surface area contributed by atoms with Crippen molar-refractivity contribution in [2.45, 2.75) is 51.7 Å². The molecule has 17 heavy (non-hydrogen) atoms. The van der Waals surface area contributed by atoms with Crippen LogP contribution in [0.2, 0.25) is 0 Å². The molecule has 0 saturated carbocycles. The molecule has 0 aromatic rings. The van der Waals surface area contributed by atoms with Gasteiger partial charge in [-0.2, -0.15) is 0 Å². The van der Waals surface area contributed by atoms with Crippen LogP contribution in [0.15, 0.2) is 0 Å². The molecule has 100 valence electrons. The van der Waals surface area contributed by atoms with E-state index in [1.807, 2.05) is 13.8 Å². The number of nitrogens with one attached hydrogen (secondary N) is 1. The molecular formula is C13H25NO3. The molecule has 1 rings (SSSR count). The molecule has 0 radical (unpaired) electrons. The number of carbonyl (C=O) groups excluding carboxylic acids is 1. The van der Waals surface area contributed by atoms with Crippen LogP contribution < -0.4 is 5.32 Å². The van der Waals surface area contributed by atoms with Gasteiger partial charge in [0.1, 0.15) is 6.04 Å². The smallest absolute Gasteiger partial charge is 0.323 e. The number of ether oxygens (including phenoxy) is 2. The SMILES string of the molecule is COC(C)(C)CCOC(=O)C1NCCCC1C. The topological polar surface area (TPSA) is 47.6 Å². The van der Waals surface area contributed by atoms with Gasteiger partial charge in [-0.3, -0.25) is 4.79 Å². The van der Waals surface area contributed by atoms with Crippen molar-refractivity contribution in [2.75, 3.05) is 20.3 Å². The summed E-state index contributed by atoms with van der Waals surface area (Å²) in [6.45, 7) is 7.40. The van der Waals surface area contributed by atoms with E-state index in [4.69, 9.17) is 9.47 Å². The van der Waals surface area contributed by atoms with Gasteiger partial charge in [0.25, 0.3) is 0 Å². The zero-order valence-corrected chi connectivity index (χ0v) is 11.4. The van der Waals surface area contributed by atoms with Crippen molar-refractivity contribution in [1.29, 1.82) is 0 Å². The van der Waals surface area contributed by atoms with E-state index < -0.39 is 0 Å². The van der Waals surface area contributed by atoms with Crippen molar-refractivity contribution in [1.82, 2.24) is 5.32 Å². The molecule has 1 heterocycles. The standard InChI is InChI=1S/C13H25NO3/c1-10-6-5-8-14-11(10)12(15)17-9-7-13(2,3)16-4/h10-11,14H,5-9H2,1-4H3. The van der Waals surface area contributed by atoms with Crippen LogP contribution in [0.4, 0.5) is 0 Å². The first-order valence-corrected chi connectivity index (χ1v) is 6.41. The van der Waals surface area contributed by atoms with Crippen LogP contribution in [0.25, 0.3) is 0 Å². The fourth-order valence-corrected chi connectivity index (χ4v) is 1.95. The van der Waals surface area contributed by atoms with E-state index in [-0.39, 0.29) is 17.6 Å². The van der Waals surface area contributed by atoms with Crippen molar-refractivity contribution >= 4 is 5.97 Å². The monoisotopic (exact) mass is 243 g/mol. The molecule has 1 saturated heterocycles. The Morgan fingerprint density at radius 2 is 2.18 bits per heavy atom. The van der Waals surface area contributed by atoms with Crippen molar-refractivity contribution in [3.05, 3.63) is 0 Å². The van der Waals surface area contributed by atoms with Gasteiger partial charge < -0.3 is 14.8 Å². The van der Waals surface area contributed by atoms with E-state index in [0.29, 0.717) is 12.5 Å². The lowest BCUT2D eigenvalue weighted by Crippen LogP contribution is -2.46. The van der Waals surface area contributed by atoms with Crippen LogP contribution in [0.5, 0.6) is 0 Å². The highest BCUT2D eigenvalue weighted by Gasteiger charge is 2.29. The van der Waals surface area contributed by atoms with E-state index in [0.717, 1.165) is 25.8 Å². The van der Waals surface area contributed by atoms with Gasteiger partial charge in [0.2, 0.25) is 0 Å². The number of esters is 1. The predicted molar refractivity (Wildman–Crippen MR) is 66.9 cm³/mol. The minimum atomic E-state index is -0.230. The highest BCUT2D eigenvalue weighted by atomic mass is 16.5. The Hall–Kier alpha value is -0.610. The second-order valence-corrected chi connectivity index (χ2v) is 5.43. The Morgan fingerprint density at radius 3 is 2.76 bits per heavy atom. The Labute approximate surface area is 104 Å². The maximum atomic E-state index is 11.9. The van der Waals surface area contributed by atoms with Crippen molar-refractivity contribution in [2.24, 2.45) is 5.92 Å². The third-order valence-electron chi connectivity index (χ3n) is 3.52. The summed E-state index contributed by atoms with van der Waals surface area (Å²) in [5.41, 5.74) is -0.230. The lowest BCUT2D eigenvalue weighted by Gasteiger charge is -2.29. The van der Waals surface area contributed by atoms with Crippen LogP contribution in [0.3, 0.4) is 0 Å². The molecule has 0 spiro atoms. The number of methoxy groups -OCH3 is 1. The van der Waals surface area contributed by atoms with Gasteiger partial charge in [-0.1, -0.05) is 6.92 Å². The quantitative estimate of drug-likeness (QED) is 0.747. The van der Waals surface area contributed by atoms with E-state index >= 15 is 0 Å². The Kier molecular flexibility index (Phi) is 5.40. The Balaban J connectivity index is 2.29. The third kappa shape index (κ3) is 4.64. The first-order chi connectivity index (χ1) is 7.96. The van der Waals surface area contributed by atoms with Crippen molar-refractivity contribution in [3.63, 3.8) is 0 Å². The predicted octanol–water partition coefficient (Wildman–Crippen LogP) is 1.73. The second kappa shape index (κ2) is 6.36. The summed E-state index contributed by atoms with van der Waals surface area (Å²) in [6, 6.07) is -0.130. The second-order valence-electron chi connectivity index (χ2n) is 5.43. The lowest BCUT2D eigenvalue weighted by molar-refractivity contribution is -0.149. The summed E-state index contributed by atoms with van der Waals surface area (Å²) in [5.74, 6) is 0.246. The van der Waals surface area contributed by atoms with E-state index in [9.17, 15) is 4.79 Å². The summed E-state index contributed by atoms with van der Waals surface area (Å²) in [6.07, 6.45) is 2.95. The lowest BCUT2D eigenvalue weighted by atomic mass is 9.93. The number of hydrogen-bond acceptors (Lipinski definition) is 4. The molecular weight excluding hydrogens is 218 g/mol. The zero-order valence-electron chi connectivity index (χ0n) is 11.4. The van der Waals surface area contributed by atoms with Gasteiger partial charge in [-0.15, -0.1) is 0 Å². The van der Waals surface area contributed by atoms with E-state index in [1.165, 1.54) is 0 Å². The molecule has 0 aromatic carbocycles. The number of carbonyl (C=O) groups is 1. The normalized spacial score (nSPS) is 25.6. The summed E-state index contributed by atoms with van der Waals surface area (Å²) in [4.78, 5) is 11.9. The zero-order chi connectivity index (χ0) is 12.9. The average Bonchev–Trinajstić information content (AvgIpc) is 2.29. The van der Waals surface area contributed by atoms with Gasteiger partial charge in [-0.05, 0) is 39.2 Å². The molecule has 1 N–H and O–H groups in total. The summed E-state index contributed by atoms with van der Waals surface area (Å²) in [5, 5.41) is 3.22. The molecule has 4 nitrogen and oxygen atoms in total. The van der Waals surface area contributed by atoms with E-state index in [2.05, 4.69) is 12.2 Å². The summed E-state index contributed by atoms with van der Waals surface area (Å²) >= 11 is 0. The van der Waals surface area contributed by atoms with Crippen molar-refractivity contribution < 1.29 is 14.3 Å². The number of hydrogen-bond donors (Lipinski definition) is 1. The molecule has 4 heteroatoms. The van der Waals surface area contributed by atoms with Crippen molar-refractivity contribution in [3.8, 4) is 0 Å². The molecule has 1 fully saturated rings. The van der Waals surface area contributed by atoms with Gasteiger partial charge in [0.05, 0.1) is 12.2 Å². The van der Waals surface area contributed by atoms with Gasteiger partial charge in [0.15, 0.2) is 0 Å². The molecule has 1 aliphatic rings. The van der Waals surface area contributed by atoms with Gasteiger partial charge in [0, 0.05) is 13.5 Å². The highest BCUT2D eigenvalue weighted by molar-refractivity contribution is 5.76. The first kappa shape index (κ1) is 14.5. The number of piperidine rings is 1. The molecule has 0 aliphatic carbocycles. The van der Waals surface area contributed by atoms with Gasteiger partial charge >= 0.3 is 5.97 Å². The maximum Gasteiger partial charge on any atom is 0.323 e. The fraction of sp³-hybridized carbons (Fsp3) is 0.923. The van der Waals surface area contributed by atoms with E-state index in [1.54, 1.807) is 7.11 Å². The maximum absolute atomic E-state index is 11.9. The molecule has 2 unspecified atom stereocenters. The first-order valence-electron chi connectivity index (χ1n) is 6.41. The van der Waals surface area contributed by atoms with Crippen LogP contribution in [0, 0.1) is 5.92 Å². The molecule has 0 bridgehead atoms. The molecule has 0 amide bonds. The largest absolute Gasteiger partial charge is 0.464 e. The van der Waals surface area contributed by atoms with Crippen LogP contribution in [-0.2, 0) is 14.3 Å². The Morgan fingerprint density at radius 1 is 1.47 bits per heavy atom. The summed E-state index contributed by atoms with van der Waals surface area (Å²) in [7, 11) is 1.67. The average molecular weight is 243 g/mol. The summed E-state index contributed by atoms with van der Waals surface area (Å²) < 4.78 is 10.6. The van der Waals surface area contributed by atoms with Crippen LogP contribution in [-0.4, -0.2) is 37.9 Å². The molecule has 1 aliphatic heterocycles. The van der Waals surface area contributed by atoms with Gasteiger partial charge in [-0.25, -0.2) is 0 Å².